The fourth-order valence-corrected chi connectivity index (χ4v) is 10.3. The van der Waals surface area contributed by atoms with Crippen molar-refractivity contribution in [3.05, 3.63) is 23.8 Å². The molecule has 0 saturated carbocycles. The highest BCUT2D eigenvalue weighted by Crippen LogP contribution is 2.62. The molecule has 10 nitrogen and oxygen atoms in total. The predicted molar refractivity (Wildman–Crippen MR) is 167 cm³/mol. The topological polar surface area (TPSA) is 160 Å². The van der Waals surface area contributed by atoms with Gasteiger partial charge in [-0.15, -0.1) is 0 Å². The van der Waals surface area contributed by atoms with E-state index in [0.717, 1.165) is 30.1 Å². The molecule has 0 aliphatic carbocycles. The van der Waals surface area contributed by atoms with E-state index in [4.69, 9.17) is 9.47 Å². The summed E-state index contributed by atoms with van der Waals surface area (Å²) in [7, 11) is -9.79. The van der Waals surface area contributed by atoms with Gasteiger partial charge in [0.25, 0.3) is 0 Å². The molecule has 1 aromatic carbocycles. The third-order valence-corrected chi connectivity index (χ3v) is 13.5. The van der Waals surface area contributed by atoms with Crippen LogP contribution < -0.4 is 9.47 Å². The van der Waals surface area contributed by atoms with Crippen LogP contribution in [0, 0.1) is 5.92 Å². The minimum atomic E-state index is -4.89. The fourth-order valence-electron chi connectivity index (χ4n) is 5.02. The quantitative estimate of drug-likeness (QED) is 0.106. The average Bonchev–Trinajstić information content (AvgIpc) is 3.33. The van der Waals surface area contributed by atoms with Crippen LogP contribution in [0.2, 0.25) is 0 Å². The lowest BCUT2D eigenvalue weighted by atomic mass is 10.0. The van der Waals surface area contributed by atoms with Crippen molar-refractivity contribution in [3.8, 4) is 11.5 Å². The average molecular weight is 658 g/mol. The van der Waals surface area contributed by atoms with Gasteiger partial charge in [0.2, 0.25) is 12.3 Å². The van der Waals surface area contributed by atoms with E-state index in [1.807, 2.05) is 32.0 Å². The molecule has 238 valence electrons. The van der Waals surface area contributed by atoms with Crippen LogP contribution in [0.25, 0.3) is 0 Å². The molecule has 14 heteroatoms. The SMILES string of the molecule is CC(C)CC1CSCCN1C(P(=O)(O)O)P(=O)(O)O.CCCCCCCC[S+]([O-])C(C)Cc1ccc2c(c1)OCO2. The van der Waals surface area contributed by atoms with E-state index >= 15 is 0 Å². The molecular weight excluding hydrogens is 608 g/mol. The van der Waals surface area contributed by atoms with Crippen LogP contribution in [-0.2, 0) is 26.7 Å². The highest BCUT2D eigenvalue weighted by molar-refractivity contribution is 7.99. The molecular formula is C27H49NO9P2S2. The van der Waals surface area contributed by atoms with Crippen LogP contribution in [0.4, 0.5) is 0 Å². The molecule has 0 amide bonds. The monoisotopic (exact) mass is 657 g/mol. The van der Waals surface area contributed by atoms with Gasteiger partial charge in [0.05, 0.1) is 0 Å². The molecule has 0 bridgehead atoms. The molecule has 41 heavy (non-hydrogen) atoms. The molecule has 0 spiro atoms. The number of nitrogens with zero attached hydrogens (tertiary/aromatic N) is 1. The molecule has 0 aromatic heterocycles. The maximum absolute atomic E-state index is 12.3. The number of hydrogen-bond acceptors (Lipinski definition) is 7. The number of thioether (sulfide) groups is 1. The Morgan fingerprint density at radius 3 is 2.29 bits per heavy atom. The molecule has 4 N–H and O–H groups in total. The van der Waals surface area contributed by atoms with Crippen molar-refractivity contribution in [2.45, 2.75) is 95.9 Å². The largest absolute Gasteiger partial charge is 0.616 e. The number of benzene rings is 1. The smallest absolute Gasteiger partial charge is 0.354 e. The fraction of sp³-hybridized carbons (Fsp3) is 0.778. The first kappa shape index (κ1) is 36.9. The first-order valence-corrected chi connectivity index (χ1v) is 20.3. The first-order chi connectivity index (χ1) is 19.2. The van der Waals surface area contributed by atoms with Gasteiger partial charge < -0.3 is 33.6 Å². The Balaban J connectivity index is 0.000000290. The highest BCUT2D eigenvalue weighted by atomic mass is 32.2. The predicted octanol–water partition coefficient (Wildman–Crippen LogP) is 5.54. The normalized spacial score (nSPS) is 19.2. The minimum Gasteiger partial charge on any atom is -0.616 e. The Bertz CT molecular complexity index is 985. The Labute approximate surface area is 252 Å². The van der Waals surface area contributed by atoms with Crippen molar-refractivity contribution in [2.24, 2.45) is 5.92 Å². The maximum atomic E-state index is 12.3. The van der Waals surface area contributed by atoms with E-state index in [1.165, 1.54) is 42.6 Å². The summed E-state index contributed by atoms with van der Waals surface area (Å²) in [6.07, 6.45) is 8.98. The van der Waals surface area contributed by atoms with Crippen LogP contribution in [-0.4, -0.2) is 76.4 Å². The van der Waals surface area contributed by atoms with E-state index in [-0.39, 0.29) is 17.8 Å². The standard InChI is InChI=1S/C18H28O3S.C9H21NO6P2S/c1-3-4-5-6-7-8-11-22(19)15(2)12-16-9-10-17-18(13-16)21-14-20-17;1-7(2)5-8-6-19-4-3-10(8)9(17(11,12)13)18(14,15)16/h9-10,13,15H,3-8,11-12,14H2,1-2H3;7-9H,3-6H2,1-2H3,(H2,11,12,13)(H2,14,15,16). The number of rotatable bonds is 15. The van der Waals surface area contributed by atoms with Crippen LogP contribution in [0.1, 0.15) is 78.2 Å². The molecule has 2 heterocycles. The van der Waals surface area contributed by atoms with E-state index in [0.29, 0.717) is 30.6 Å². The summed E-state index contributed by atoms with van der Waals surface area (Å²) in [6.45, 7) is 8.84. The lowest BCUT2D eigenvalue weighted by Gasteiger charge is -2.41. The number of ether oxygens (including phenoxy) is 2. The minimum absolute atomic E-state index is 0.191. The van der Waals surface area contributed by atoms with Crippen molar-refractivity contribution < 1.29 is 42.7 Å². The molecule has 1 saturated heterocycles. The molecule has 2 aliphatic heterocycles. The zero-order valence-electron chi connectivity index (χ0n) is 24.7. The van der Waals surface area contributed by atoms with Gasteiger partial charge in [-0.1, -0.05) is 63.7 Å². The van der Waals surface area contributed by atoms with Crippen molar-refractivity contribution in [1.82, 2.24) is 4.90 Å². The first-order valence-electron chi connectivity index (χ1n) is 14.4. The maximum Gasteiger partial charge on any atom is 0.354 e. The summed E-state index contributed by atoms with van der Waals surface area (Å²) in [5.41, 5.74) is -0.835. The zero-order valence-corrected chi connectivity index (χ0v) is 28.1. The van der Waals surface area contributed by atoms with E-state index in [9.17, 15) is 33.3 Å². The summed E-state index contributed by atoms with van der Waals surface area (Å²) in [5.74, 6) is 3.99. The Kier molecular flexibility index (Phi) is 16.1. The summed E-state index contributed by atoms with van der Waals surface area (Å²) in [6, 6.07) is 5.79. The third kappa shape index (κ3) is 13.1. The molecule has 3 atom stereocenters. The summed E-state index contributed by atoms with van der Waals surface area (Å²) < 4.78 is 46.0. The van der Waals surface area contributed by atoms with Gasteiger partial charge in [-0.2, -0.15) is 11.8 Å². The molecule has 2 aliphatic rings. The molecule has 3 unspecified atom stereocenters. The lowest BCUT2D eigenvalue weighted by molar-refractivity contribution is 0.170. The van der Waals surface area contributed by atoms with Gasteiger partial charge in [0, 0.05) is 30.5 Å². The van der Waals surface area contributed by atoms with Crippen LogP contribution in [0.15, 0.2) is 18.2 Å². The second-order valence-corrected chi connectivity index (χ2v) is 18.0. The second kappa shape index (κ2) is 17.9. The molecule has 0 radical (unpaired) electrons. The second-order valence-electron chi connectivity index (χ2n) is 11.2. The molecule has 1 fully saturated rings. The van der Waals surface area contributed by atoms with Crippen molar-refractivity contribution in [3.63, 3.8) is 0 Å². The van der Waals surface area contributed by atoms with Crippen molar-refractivity contribution in [1.29, 1.82) is 0 Å². The number of fused-ring (bicyclic) bond motifs is 1. The number of unbranched alkanes of at least 4 members (excludes halogenated alkanes) is 5. The number of hydrogen-bond donors (Lipinski definition) is 4. The van der Waals surface area contributed by atoms with Gasteiger partial charge >= 0.3 is 15.2 Å². The summed E-state index contributed by atoms with van der Waals surface area (Å²) in [4.78, 5) is 38.5. The Hall–Kier alpha value is -0.260. The van der Waals surface area contributed by atoms with Crippen molar-refractivity contribution >= 4 is 38.1 Å². The van der Waals surface area contributed by atoms with Gasteiger partial charge in [-0.25, -0.2) is 0 Å². The zero-order chi connectivity index (χ0) is 30.6. The third-order valence-electron chi connectivity index (χ3n) is 7.02. The molecule has 1 aromatic rings. The molecule has 3 rings (SSSR count). The van der Waals surface area contributed by atoms with Gasteiger partial charge in [0.1, 0.15) is 11.0 Å². The van der Waals surface area contributed by atoms with E-state index < -0.39 is 31.9 Å². The van der Waals surface area contributed by atoms with E-state index in [2.05, 4.69) is 13.8 Å². The summed E-state index contributed by atoms with van der Waals surface area (Å²) in [5, 5.41) is 0.191. The highest BCUT2D eigenvalue weighted by Gasteiger charge is 2.50. The lowest BCUT2D eigenvalue weighted by Crippen LogP contribution is -2.48. The van der Waals surface area contributed by atoms with Crippen LogP contribution in [0.3, 0.4) is 0 Å². The van der Waals surface area contributed by atoms with Crippen LogP contribution >= 0.6 is 27.0 Å². The van der Waals surface area contributed by atoms with Crippen molar-refractivity contribution in [2.75, 3.05) is 30.6 Å². The van der Waals surface area contributed by atoms with Gasteiger partial charge in [-0.3, -0.25) is 14.0 Å². The van der Waals surface area contributed by atoms with Gasteiger partial charge in [0.15, 0.2) is 11.5 Å². The Morgan fingerprint density at radius 2 is 1.66 bits per heavy atom. The van der Waals surface area contributed by atoms with Gasteiger partial charge in [-0.05, 0) is 49.8 Å². The summed E-state index contributed by atoms with van der Waals surface area (Å²) >= 11 is 0.897. The van der Waals surface area contributed by atoms with Crippen LogP contribution in [0.5, 0.6) is 11.5 Å². The Morgan fingerprint density at radius 1 is 1.02 bits per heavy atom. The van der Waals surface area contributed by atoms with E-state index in [1.54, 1.807) is 11.8 Å².